The van der Waals surface area contributed by atoms with Crippen molar-refractivity contribution in [3.63, 3.8) is 0 Å². The summed E-state index contributed by atoms with van der Waals surface area (Å²) in [7, 11) is 0. The van der Waals surface area contributed by atoms with E-state index in [4.69, 9.17) is 5.73 Å². The Hall–Kier alpha value is -0.0700. The first kappa shape index (κ1) is 11.0. The smallest absolute Gasteiger partial charge is 0.265 e. The average molecular weight is 316 g/mol. The molecule has 0 fully saturated rings. The predicted molar refractivity (Wildman–Crippen MR) is 52.5 cm³/mol. The second-order valence-electron chi connectivity index (χ2n) is 2.30. The van der Waals surface area contributed by atoms with Gasteiger partial charge < -0.3 is 5.73 Å². The molecule has 0 saturated carbocycles. The van der Waals surface area contributed by atoms with Gasteiger partial charge in [-0.15, -0.1) is 0 Å². The van der Waals surface area contributed by atoms with Crippen LogP contribution in [0.2, 0.25) is 0 Å². The first-order valence-electron chi connectivity index (χ1n) is 3.39. The van der Waals surface area contributed by atoms with E-state index in [2.05, 4.69) is 36.8 Å². The lowest BCUT2D eigenvalue weighted by Crippen LogP contribution is -2.03. The predicted octanol–water partition coefficient (Wildman–Crippen LogP) is 3.00. The van der Waals surface area contributed by atoms with Crippen molar-refractivity contribution in [2.45, 2.75) is 13.0 Å². The van der Waals surface area contributed by atoms with E-state index in [1.807, 2.05) is 0 Å². The Morgan fingerprint density at radius 1 is 1.46 bits per heavy atom. The highest BCUT2D eigenvalue weighted by Gasteiger charge is 2.15. The molecule has 0 unspecified atom stereocenters. The van der Waals surface area contributed by atoms with Crippen molar-refractivity contribution < 1.29 is 8.78 Å². The van der Waals surface area contributed by atoms with Crippen molar-refractivity contribution in [2.75, 3.05) is 0 Å². The van der Waals surface area contributed by atoms with Gasteiger partial charge in [-0.05, 0) is 37.9 Å². The molecule has 0 saturated heterocycles. The Balaban J connectivity index is 3.27. The molecular weight excluding hydrogens is 310 g/mol. The quantitative estimate of drug-likeness (QED) is 0.852. The summed E-state index contributed by atoms with van der Waals surface area (Å²) >= 11 is 6.07. The molecule has 0 bridgehead atoms. The molecule has 1 aromatic rings. The van der Waals surface area contributed by atoms with E-state index >= 15 is 0 Å². The zero-order valence-electron chi connectivity index (χ0n) is 6.40. The maximum atomic E-state index is 12.4. The van der Waals surface area contributed by atoms with Gasteiger partial charge >= 0.3 is 0 Å². The summed E-state index contributed by atoms with van der Waals surface area (Å²) in [5, 5.41) is 0. The number of aromatic nitrogens is 1. The van der Waals surface area contributed by atoms with Crippen molar-refractivity contribution in [3.8, 4) is 0 Å². The van der Waals surface area contributed by atoms with Gasteiger partial charge in [0.15, 0.2) is 0 Å². The van der Waals surface area contributed by atoms with Crippen LogP contribution in [0.4, 0.5) is 8.78 Å². The van der Waals surface area contributed by atoms with Crippen LogP contribution in [-0.4, -0.2) is 4.98 Å². The van der Waals surface area contributed by atoms with E-state index < -0.39 is 6.43 Å². The highest BCUT2D eigenvalue weighted by Crippen LogP contribution is 2.31. The summed E-state index contributed by atoms with van der Waals surface area (Å²) in [4.78, 5) is 3.95. The third-order valence-corrected chi connectivity index (χ3v) is 2.77. The molecule has 0 aliphatic carbocycles. The molecule has 2 nitrogen and oxygen atoms in total. The summed E-state index contributed by atoms with van der Waals surface area (Å²) in [6.45, 7) is 0.125. The number of nitrogens with zero attached hydrogens (tertiary/aromatic N) is 1. The maximum Gasteiger partial charge on any atom is 0.265 e. The van der Waals surface area contributed by atoms with Crippen molar-refractivity contribution in [3.05, 3.63) is 26.4 Å². The first-order chi connectivity index (χ1) is 6.06. The van der Waals surface area contributed by atoms with E-state index in [-0.39, 0.29) is 16.6 Å². The molecule has 0 atom stereocenters. The number of hydrogen-bond donors (Lipinski definition) is 1. The Morgan fingerprint density at radius 3 is 2.54 bits per heavy atom. The van der Waals surface area contributed by atoms with Crippen molar-refractivity contribution in [1.29, 1.82) is 0 Å². The lowest BCUT2D eigenvalue weighted by atomic mass is 10.2. The fourth-order valence-corrected chi connectivity index (χ4v) is 1.86. The minimum absolute atomic E-state index is 0.0951. The largest absolute Gasteiger partial charge is 0.325 e. The fraction of sp³-hybridized carbons (Fsp3) is 0.286. The summed E-state index contributed by atoms with van der Waals surface area (Å²) in [5.41, 5.74) is 5.66. The molecule has 0 amide bonds. The zero-order valence-corrected chi connectivity index (χ0v) is 9.57. The Kier molecular flexibility index (Phi) is 3.75. The Morgan fingerprint density at radius 2 is 2.08 bits per heavy atom. The monoisotopic (exact) mass is 314 g/mol. The fourth-order valence-electron chi connectivity index (χ4n) is 0.863. The number of rotatable bonds is 2. The third-order valence-electron chi connectivity index (χ3n) is 1.45. The van der Waals surface area contributed by atoms with Crippen LogP contribution < -0.4 is 5.73 Å². The molecule has 0 aromatic carbocycles. The lowest BCUT2D eigenvalue weighted by Gasteiger charge is -2.07. The normalized spacial score (nSPS) is 10.9. The zero-order chi connectivity index (χ0) is 10.0. The van der Waals surface area contributed by atoms with Crippen LogP contribution in [0.1, 0.15) is 17.7 Å². The first-order valence-corrected chi connectivity index (χ1v) is 4.98. The topological polar surface area (TPSA) is 38.9 Å². The summed E-state index contributed by atoms with van der Waals surface area (Å²) < 4.78 is 25.5. The van der Waals surface area contributed by atoms with Crippen molar-refractivity contribution >= 4 is 31.9 Å². The van der Waals surface area contributed by atoms with Gasteiger partial charge in [0.2, 0.25) is 0 Å². The Bertz CT molecular complexity index is 318. The van der Waals surface area contributed by atoms with Gasteiger partial charge in [-0.3, -0.25) is 0 Å². The van der Waals surface area contributed by atoms with Gasteiger partial charge in [0.1, 0.15) is 4.60 Å². The summed E-state index contributed by atoms with van der Waals surface area (Å²) in [6, 6.07) is 1.27. The highest BCUT2D eigenvalue weighted by atomic mass is 79.9. The third kappa shape index (κ3) is 2.45. The molecule has 0 aliphatic heterocycles. The minimum atomic E-state index is -2.53. The molecule has 0 radical (unpaired) electrons. The average Bonchev–Trinajstić information content (AvgIpc) is 2.08. The molecule has 0 aliphatic rings. The second-order valence-corrected chi connectivity index (χ2v) is 3.91. The van der Waals surface area contributed by atoms with Crippen LogP contribution in [-0.2, 0) is 6.54 Å². The van der Waals surface area contributed by atoms with E-state index in [0.29, 0.717) is 10.3 Å². The SMILES string of the molecule is NCc1nc(Br)cc(C(F)F)c1Br. The van der Waals surface area contributed by atoms with Crippen molar-refractivity contribution in [2.24, 2.45) is 5.73 Å². The van der Waals surface area contributed by atoms with E-state index in [9.17, 15) is 8.78 Å². The number of halogens is 4. The van der Waals surface area contributed by atoms with Crippen LogP contribution in [0.25, 0.3) is 0 Å². The highest BCUT2D eigenvalue weighted by molar-refractivity contribution is 9.11. The molecular formula is C7H6Br2F2N2. The number of pyridine rings is 1. The summed E-state index contributed by atoms with van der Waals surface area (Å²) in [6.07, 6.45) is -2.53. The van der Waals surface area contributed by atoms with E-state index in [0.717, 1.165) is 0 Å². The van der Waals surface area contributed by atoms with Crippen LogP contribution in [0.3, 0.4) is 0 Å². The van der Waals surface area contributed by atoms with E-state index in [1.54, 1.807) is 0 Å². The second kappa shape index (κ2) is 4.43. The van der Waals surface area contributed by atoms with Gasteiger partial charge in [0, 0.05) is 16.6 Å². The van der Waals surface area contributed by atoms with Crippen LogP contribution >= 0.6 is 31.9 Å². The molecule has 1 aromatic heterocycles. The molecule has 6 heteroatoms. The maximum absolute atomic E-state index is 12.4. The van der Waals surface area contributed by atoms with Gasteiger partial charge in [0.25, 0.3) is 6.43 Å². The van der Waals surface area contributed by atoms with Gasteiger partial charge in [-0.25, -0.2) is 13.8 Å². The van der Waals surface area contributed by atoms with Gasteiger partial charge in [-0.1, -0.05) is 0 Å². The van der Waals surface area contributed by atoms with Crippen LogP contribution in [0, 0.1) is 0 Å². The number of nitrogens with two attached hydrogens (primary N) is 1. The Labute approximate surface area is 90.8 Å². The van der Waals surface area contributed by atoms with Crippen LogP contribution in [0.15, 0.2) is 15.1 Å². The molecule has 0 spiro atoms. The molecule has 13 heavy (non-hydrogen) atoms. The molecule has 1 heterocycles. The summed E-state index contributed by atoms with van der Waals surface area (Å²) in [5.74, 6) is 0. The van der Waals surface area contributed by atoms with Gasteiger partial charge in [0.05, 0.1) is 5.69 Å². The molecule has 72 valence electrons. The minimum Gasteiger partial charge on any atom is -0.325 e. The van der Waals surface area contributed by atoms with E-state index in [1.165, 1.54) is 6.07 Å². The lowest BCUT2D eigenvalue weighted by molar-refractivity contribution is 0.150. The van der Waals surface area contributed by atoms with Crippen LogP contribution in [0.5, 0.6) is 0 Å². The van der Waals surface area contributed by atoms with Gasteiger partial charge in [-0.2, -0.15) is 0 Å². The van der Waals surface area contributed by atoms with Crippen molar-refractivity contribution in [1.82, 2.24) is 4.98 Å². The molecule has 1 rings (SSSR count). The molecule has 2 N–H and O–H groups in total. The number of hydrogen-bond acceptors (Lipinski definition) is 2. The standard InChI is InChI=1S/C7H6Br2F2N2/c8-5-1-3(7(10)11)6(9)4(2-12)13-5/h1,7H,2,12H2. The number of alkyl halides is 2.